The first-order valence-electron chi connectivity index (χ1n) is 0.748. The summed E-state index contributed by atoms with van der Waals surface area (Å²) in [4.78, 5) is 24.3. The van der Waals surface area contributed by atoms with Gasteiger partial charge in [0, 0.05) is 0 Å². The van der Waals surface area contributed by atoms with Crippen LogP contribution in [0.25, 0.3) is 0 Å². The van der Waals surface area contributed by atoms with Gasteiger partial charge in [-0.25, -0.2) is 0 Å². The van der Waals surface area contributed by atoms with E-state index >= 15 is 0 Å². The summed E-state index contributed by atoms with van der Waals surface area (Å²) in [7, 11) is -5.14. The Labute approximate surface area is 56.5 Å². The van der Waals surface area contributed by atoms with Crippen molar-refractivity contribution in [3.8, 4) is 0 Å². The topological polar surface area (TPSA) is 83.4 Å². The van der Waals surface area contributed by atoms with E-state index in [1.807, 2.05) is 0 Å². The number of phosphoric acid groups is 1. The van der Waals surface area contributed by atoms with E-state index in [9.17, 15) is 0 Å². The molecule has 6 heavy (non-hydrogen) atoms. The van der Waals surface area contributed by atoms with E-state index in [-0.39, 0.29) is 28.8 Å². The molecule has 0 heterocycles. The SMILES string of the molecule is O=P([O-])([O-])O.[H+].[H+].[H-].[H-].[Mg+2]. The molecule has 0 bridgehead atoms. The van der Waals surface area contributed by atoms with Crippen molar-refractivity contribution < 1.29 is 25.0 Å². The normalized spacial score (nSPS) is 9.83. The summed E-state index contributed by atoms with van der Waals surface area (Å²) in [6, 6.07) is 0. The summed E-state index contributed by atoms with van der Waals surface area (Å²) in [5.41, 5.74) is 0. The fourth-order valence-electron chi connectivity index (χ4n) is 0. The largest absolute Gasteiger partial charge is 2.00 e. The molecule has 0 amide bonds. The molecule has 0 aromatic carbocycles. The van der Waals surface area contributed by atoms with Gasteiger partial charge in [-0.1, -0.05) is 0 Å². The smallest absolute Gasteiger partial charge is 1.00 e. The van der Waals surface area contributed by atoms with Crippen LogP contribution in [0.1, 0.15) is 5.71 Å². The van der Waals surface area contributed by atoms with Gasteiger partial charge in [0.15, 0.2) is 0 Å². The van der Waals surface area contributed by atoms with Gasteiger partial charge in [0.2, 0.25) is 0 Å². The van der Waals surface area contributed by atoms with Crippen molar-refractivity contribution in [1.82, 2.24) is 0 Å². The zero-order valence-electron chi connectivity index (χ0n) is 6.83. The Morgan fingerprint density at radius 2 is 1.83 bits per heavy atom. The van der Waals surface area contributed by atoms with Gasteiger partial charge in [-0.2, -0.15) is 0 Å². The fraction of sp³-hybridized carbons (Fsp3) is 0. The first kappa shape index (κ1) is 9.99. The maximum absolute atomic E-state index is 8.66. The molecule has 1 N–H and O–H groups in total. The van der Waals surface area contributed by atoms with E-state index in [4.69, 9.17) is 19.2 Å². The van der Waals surface area contributed by atoms with Crippen LogP contribution in [0.2, 0.25) is 0 Å². The Morgan fingerprint density at radius 3 is 1.83 bits per heavy atom. The summed E-state index contributed by atoms with van der Waals surface area (Å²) >= 11 is 0. The van der Waals surface area contributed by atoms with Crippen LogP contribution >= 0.6 is 7.82 Å². The molecule has 0 aromatic heterocycles. The van der Waals surface area contributed by atoms with Gasteiger partial charge in [0.1, 0.15) is 0 Å². The Balaban J connectivity index is -0.00000000800. The van der Waals surface area contributed by atoms with Gasteiger partial charge in [0.25, 0.3) is 0 Å². The molecule has 0 radical (unpaired) electrons. The molecular formula is H5MgO4P. The van der Waals surface area contributed by atoms with Crippen molar-refractivity contribution in [3.05, 3.63) is 0 Å². The minimum Gasteiger partial charge on any atom is -1.00 e. The van der Waals surface area contributed by atoms with Crippen LogP contribution in [0.3, 0.4) is 0 Å². The van der Waals surface area contributed by atoms with Gasteiger partial charge >= 0.3 is 25.9 Å². The van der Waals surface area contributed by atoms with Crippen molar-refractivity contribution >= 4 is 30.9 Å². The van der Waals surface area contributed by atoms with E-state index in [2.05, 4.69) is 0 Å². The summed E-state index contributed by atoms with van der Waals surface area (Å²) in [6.45, 7) is 0. The standard InChI is InChI=1S/Mg.H3O4P.2H/c;1-5(2,3)4;;/h;(H3,1,2,3,4);;/q+2;;2*-1. The fourth-order valence-corrected chi connectivity index (χ4v) is 0. The van der Waals surface area contributed by atoms with Crippen molar-refractivity contribution in [3.63, 3.8) is 0 Å². The molecule has 0 spiro atoms. The molecule has 0 aliphatic carbocycles. The Bertz CT molecular complexity index is 63.4. The van der Waals surface area contributed by atoms with Crippen LogP contribution in [0.15, 0.2) is 0 Å². The predicted molar refractivity (Wildman–Crippen MR) is 20.0 cm³/mol. The van der Waals surface area contributed by atoms with Crippen molar-refractivity contribution in [2.75, 3.05) is 0 Å². The third-order valence-electron chi connectivity index (χ3n) is 0. The maximum atomic E-state index is 8.66. The second-order valence-corrected chi connectivity index (χ2v) is 1.41. The molecule has 6 heteroatoms. The Hall–Kier alpha value is 0.876. The second-order valence-electron chi connectivity index (χ2n) is 0.469. The van der Waals surface area contributed by atoms with Gasteiger partial charge in [-0.3, -0.25) is 0 Å². The predicted octanol–water partition coefficient (Wildman–Crippen LogP) is -2.12. The second kappa shape index (κ2) is 2.96. The van der Waals surface area contributed by atoms with Crippen LogP contribution in [0, 0.1) is 0 Å². The van der Waals surface area contributed by atoms with Gasteiger partial charge < -0.3 is 22.1 Å². The monoisotopic (exact) mass is 124 g/mol. The Kier molecular flexibility index (Phi) is 4.92. The van der Waals surface area contributed by atoms with E-state index < -0.39 is 7.82 Å². The van der Waals surface area contributed by atoms with Crippen LogP contribution < -0.4 is 9.79 Å². The molecular weight excluding hydrogens is 119 g/mol. The Morgan fingerprint density at radius 1 is 1.83 bits per heavy atom. The minimum atomic E-state index is -5.14. The van der Waals surface area contributed by atoms with E-state index in [1.165, 1.54) is 0 Å². The van der Waals surface area contributed by atoms with E-state index in [0.29, 0.717) is 0 Å². The molecule has 0 rings (SSSR count). The first-order valence-corrected chi connectivity index (χ1v) is 2.24. The van der Waals surface area contributed by atoms with Crippen molar-refractivity contribution in [2.45, 2.75) is 0 Å². The van der Waals surface area contributed by atoms with E-state index in [0.717, 1.165) is 0 Å². The van der Waals surface area contributed by atoms with Crippen molar-refractivity contribution in [1.29, 1.82) is 0 Å². The summed E-state index contributed by atoms with van der Waals surface area (Å²) < 4.78 is 8.66. The van der Waals surface area contributed by atoms with Gasteiger partial charge in [0.05, 0.1) is 7.82 Å². The molecule has 0 saturated carbocycles. The van der Waals surface area contributed by atoms with E-state index in [1.54, 1.807) is 0 Å². The quantitative estimate of drug-likeness (QED) is 0.295. The zero-order chi connectivity index (χ0) is 4.50. The minimum absolute atomic E-state index is 0. The summed E-state index contributed by atoms with van der Waals surface area (Å²) in [5, 5.41) is 0. The number of hydrogen-bond acceptors (Lipinski definition) is 3. The molecule has 36 valence electrons. The molecule has 0 aromatic rings. The first-order chi connectivity index (χ1) is 2.00. The van der Waals surface area contributed by atoms with Crippen LogP contribution in [-0.2, 0) is 4.57 Å². The van der Waals surface area contributed by atoms with Crippen LogP contribution in [-0.4, -0.2) is 27.9 Å². The van der Waals surface area contributed by atoms with Gasteiger partial charge in [-0.15, -0.1) is 0 Å². The maximum Gasteiger partial charge on any atom is 2.00 e. The molecule has 0 fully saturated rings. The molecule has 0 atom stereocenters. The van der Waals surface area contributed by atoms with Crippen LogP contribution in [0.4, 0.5) is 0 Å². The van der Waals surface area contributed by atoms with Gasteiger partial charge in [-0.05, 0) is 0 Å². The van der Waals surface area contributed by atoms with Crippen molar-refractivity contribution in [2.24, 2.45) is 0 Å². The van der Waals surface area contributed by atoms with Crippen LogP contribution in [0.5, 0.6) is 0 Å². The molecule has 0 saturated heterocycles. The zero-order valence-corrected chi connectivity index (χ0v) is 5.13. The molecule has 0 aliphatic heterocycles. The number of rotatable bonds is 0. The summed E-state index contributed by atoms with van der Waals surface area (Å²) in [6.07, 6.45) is 0. The summed E-state index contributed by atoms with van der Waals surface area (Å²) in [5.74, 6) is 0. The third-order valence-corrected chi connectivity index (χ3v) is 0. The number of hydrogen-bond donors (Lipinski definition) is 1. The average molecular weight is 124 g/mol. The molecule has 0 unspecified atom stereocenters. The average Bonchev–Trinajstić information content (AvgIpc) is 0.722. The third kappa shape index (κ3) is 95.4. The molecule has 4 nitrogen and oxygen atoms in total. The molecule has 0 aliphatic rings.